The molecule has 0 aliphatic carbocycles. The molecule has 0 atom stereocenters. The number of carboxylic acids is 1. The van der Waals surface area contributed by atoms with E-state index in [9.17, 15) is 9.59 Å². The molecule has 0 aromatic heterocycles. The van der Waals surface area contributed by atoms with Crippen LogP contribution in [0.15, 0.2) is 12.1 Å². The van der Waals surface area contributed by atoms with Gasteiger partial charge in [0.05, 0.1) is 11.8 Å². The molecule has 0 spiro atoms. The summed E-state index contributed by atoms with van der Waals surface area (Å²) in [5, 5.41) is 12.4. The molecule has 1 heterocycles. The number of rotatable bonds is 3. The third kappa shape index (κ3) is 2.34. The lowest BCUT2D eigenvalue weighted by Crippen LogP contribution is -2.26. The summed E-state index contributed by atoms with van der Waals surface area (Å²) in [6, 6.07) is 3.46. The van der Waals surface area contributed by atoms with Gasteiger partial charge < -0.3 is 10.4 Å². The maximum atomic E-state index is 11.4. The quantitative estimate of drug-likeness (QED) is 0.884. The number of halogens is 1. The molecule has 0 bridgehead atoms. The molecule has 1 aliphatic heterocycles. The molecule has 1 aliphatic rings. The molecular formula is C13H14ClNO3. The van der Waals surface area contributed by atoms with Gasteiger partial charge in [-0.25, -0.2) is 0 Å². The van der Waals surface area contributed by atoms with Gasteiger partial charge in [0.15, 0.2) is 0 Å². The van der Waals surface area contributed by atoms with Gasteiger partial charge >= 0.3 is 5.97 Å². The average Bonchev–Trinajstić information content (AvgIpc) is 2.57. The highest BCUT2D eigenvalue weighted by atomic mass is 35.5. The van der Waals surface area contributed by atoms with Crippen LogP contribution in [0, 0.1) is 5.41 Å². The second kappa shape index (κ2) is 4.28. The van der Waals surface area contributed by atoms with E-state index in [1.165, 1.54) is 0 Å². The number of carboxylic acid groups (broad SMARTS) is 1. The number of carbonyl (C=O) groups is 2. The molecule has 96 valence electrons. The standard InChI is InChI=1S/C13H14ClNO3/c1-13(2,12(17)18)6-8-4-9(14)3-7-5-10(16)15-11(7)8/h3-4H,5-6H2,1-2H3,(H,15,16)(H,17,18). The van der Waals surface area contributed by atoms with Crippen molar-refractivity contribution >= 4 is 29.2 Å². The first-order chi connectivity index (χ1) is 8.29. The molecule has 2 rings (SSSR count). The Labute approximate surface area is 110 Å². The lowest BCUT2D eigenvalue weighted by Gasteiger charge is -2.20. The van der Waals surface area contributed by atoms with E-state index < -0.39 is 11.4 Å². The summed E-state index contributed by atoms with van der Waals surface area (Å²) in [6.45, 7) is 3.30. The third-order valence-corrected chi connectivity index (χ3v) is 3.31. The lowest BCUT2D eigenvalue weighted by atomic mass is 9.85. The monoisotopic (exact) mass is 267 g/mol. The number of hydrogen-bond donors (Lipinski definition) is 2. The number of fused-ring (bicyclic) bond motifs is 1. The second-order valence-electron chi connectivity index (χ2n) is 5.19. The summed E-state index contributed by atoms with van der Waals surface area (Å²) < 4.78 is 0. The Hall–Kier alpha value is -1.55. The van der Waals surface area contributed by atoms with Crippen LogP contribution in [-0.4, -0.2) is 17.0 Å². The number of aliphatic carboxylic acids is 1. The third-order valence-electron chi connectivity index (χ3n) is 3.09. The molecular weight excluding hydrogens is 254 g/mol. The largest absolute Gasteiger partial charge is 0.481 e. The first-order valence-electron chi connectivity index (χ1n) is 5.64. The first kappa shape index (κ1) is 12.9. The Bertz CT molecular complexity index is 537. The highest BCUT2D eigenvalue weighted by molar-refractivity contribution is 6.31. The van der Waals surface area contributed by atoms with Crippen molar-refractivity contribution < 1.29 is 14.7 Å². The van der Waals surface area contributed by atoms with Crippen molar-refractivity contribution in [3.8, 4) is 0 Å². The summed E-state index contributed by atoms with van der Waals surface area (Å²) in [5.74, 6) is -0.956. The molecule has 4 nitrogen and oxygen atoms in total. The fraction of sp³-hybridized carbons (Fsp3) is 0.385. The Balaban J connectivity index is 2.41. The van der Waals surface area contributed by atoms with Gasteiger partial charge in [-0.3, -0.25) is 9.59 Å². The van der Waals surface area contributed by atoms with Crippen molar-refractivity contribution in [3.05, 3.63) is 28.3 Å². The van der Waals surface area contributed by atoms with Gasteiger partial charge in [-0.15, -0.1) is 0 Å². The summed E-state index contributed by atoms with van der Waals surface area (Å²) >= 11 is 6.00. The first-order valence-corrected chi connectivity index (χ1v) is 6.02. The van der Waals surface area contributed by atoms with Crippen molar-refractivity contribution in [2.75, 3.05) is 5.32 Å². The van der Waals surface area contributed by atoms with Crippen molar-refractivity contribution in [2.45, 2.75) is 26.7 Å². The molecule has 0 saturated carbocycles. The minimum absolute atomic E-state index is 0.0818. The van der Waals surface area contributed by atoms with Gasteiger partial charge in [0.2, 0.25) is 5.91 Å². The number of benzene rings is 1. The predicted molar refractivity (Wildman–Crippen MR) is 68.9 cm³/mol. The average molecular weight is 268 g/mol. The number of anilines is 1. The van der Waals surface area contributed by atoms with E-state index in [2.05, 4.69) is 5.32 Å². The fourth-order valence-corrected chi connectivity index (χ4v) is 2.34. The van der Waals surface area contributed by atoms with Crippen LogP contribution in [0.1, 0.15) is 25.0 Å². The molecule has 1 aromatic rings. The molecule has 18 heavy (non-hydrogen) atoms. The van der Waals surface area contributed by atoms with Gasteiger partial charge in [-0.05, 0) is 43.5 Å². The zero-order valence-electron chi connectivity index (χ0n) is 10.2. The summed E-state index contributed by atoms with van der Waals surface area (Å²) in [4.78, 5) is 22.5. The number of nitrogens with one attached hydrogen (secondary N) is 1. The summed E-state index contributed by atoms with van der Waals surface area (Å²) in [7, 11) is 0. The van der Waals surface area contributed by atoms with E-state index in [-0.39, 0.29) is 5.91 Å². The van der Waals surface area contributed by atoms with E-state index in [0.717, 1.165) is 16.8 Å². The van der Waals surface area contributed by atoms with E-state index >= 15 is 0 Å². The van der Waals surface area contributed by atoms with Crippen LogP contribution < -0.4 is 5.32 Å². The molecule has 0 saturated heterocycles. The molecule has 5 heteroatoms. The van der Waals surface area contributed by atoms with E-state index in [1.807, 2.05) is 0 Å². The van der Waals surface area contributed by atoms with E-state index in [0.29, 0.717) is 17.9 Å². The Morgan fingerprint density at radius 1 is 1.50 bits per heavy atom. The maximum Gasteiger partial charge on any atom is 0.309 e. The SMILES string of the molecule is CC(C)(Cc1cc(Cl)cc2c1NC(=O)C2)C(=O)O. The van der Waals surface area contributed by atoms with E-state index in [1.54, 1.807) is 26.0 Å². The Morgan fingerprint density at radius 3 is 2.78 bits per heavy atom. The Morgan fingerprint density at radius 2 is 2.17 bits per heavy atom. The van der Waals surface area contributed by atoms with Crippen molar-refractivity contribution in [2.24, 2.45) is 5.41 Å². The minimum atomic E-state index is -0.897. The maximum absolute atomic E-state index is 11.4. The number of hydrogen-bond acceptors (Lipinski definition) is 2. The normalized spacial score (nSPS) is 14.3. The molecule has 2 N–H and O–H groups in total. The van der Waals surface area contributed by atoms with Crippen molar-refractivity contribution in [1.82, 2.24) is 0 Å². The van der Waals surface area contributed by atoms with Crippen molar-refractivity contribution in [3.63, 3.8) is 0 Å². The van der Waals surface area contributed by atoms with Gasteiger partial charge in [-0.1, -0.05) is 11.6 Å². The van der Waals surface area contributed by atoms with Gasteiger partial charge in [0.25, 0.3) is 0 Å². The highest BCUT2D eigenvalue weighted by Gasteiger charge is 2.30. The van der Waals surface area contributed by atoms with Gasteiger partial charge in [0, 0.05) is 10.7 Å². The highest BCUT2D eigenvalue weighted by Crippen LogP contribution is 2.34. The zero-order chi connectivity index (χ0) is 13.5. The number of carbonyl (C=O) groups excluding carboxylic acids is 1. The lowest BCUT2D eigenvalue weighted by molar-refractivity contribution is -0.146. The van der Waals surface area contributed by atoms with E-state index in [4.69, 9.17) is 16.7 Å². The molecule has 1 aromatic carbocycles. The van der Waals surface area contributed by atoms with Crippen LogP contribution in [0.25, 0.3) is 0 Å². The topological polar surface area (TPSA) is 66.4 Å². The smallest absolute Gasteiger partial charge is 0.309 e. The van der Waals surface area contributed by atoms with Crippen LogP contribution in [0.5, 0.6) is 0 Å². The van der Waals surface area contributed by atoms with Gasteiger partial charge in [0.1, 0.15) is 0 Å². The van der Waals surface area contributed by atoms with Crippen LogP contribution >= 0.6 is 11.6 Å². The summed E-state index contributed by atoms with van der Waals surface area (Å²) in [5.41, 5.74) is 1.43. The number of amides is 1. The fourth-order valence-electron chi connectivity index (χ4n) is 2.07. The molecule has 0 fully saturated rings. The van der Waals surface area contributed by atoms with Crippen LogP contribution in [0.3, 0.4) is 0 Å². The summed E-state index contributed by atoms with van der Waals surface area (Å²) in [6.07, 6.45) is 0.627. The predicted octanol–water partition coefficient (Wildman–Crippen LogP) is 2.49. The molecule has 1 amide bonds. The molecule has 0 radical (unpaired) electrons. The van der Waals surface area contributed by atoms with Crippen LogP contribution in [0.4, 0.5) is 5.69 Å². The van der Waals surface area contributed by atoms with Crippen LogP contribution in [0.2, 0.25) is 5.02 Å². The Kier molecular flexibility index (Phi) is 3.07. The second-order valence-corrected chi connectivity index (χ2v) is 5.63. The van der Waals surface area contributed by atoms with Crippen molar-refractivity contribution in [1.29, 1.82) is 0 Å². The van der Waals surface area contributed by atoms with Gasteiger partial charge in [-0.2, -0.15) is 0 Å². The zero-order valence-corrected chi connectivity index (χ0v) is 11.0. The minimum Gasteiger partial charge on any atom is -0.481 e. The molecule has 0 unspecified atom stereocenters. The van der Waals surface area contributed by atoms with Crippen LogP contribution in [-0.2, 0) is 22.4 Å².